The van der Waals surface area contributed by atoms with E-state index in [2.05, 4.69) is 9.97 Å². The van der Waals surface area contributed by atoms with Crippen LogP contribution in [0.25, 0.3) is 16.9 Å². The van der Waals surface area contributed by atoms with Gasteiger partial charge in [0.2, 0.25) is 0 Å². The van der Waals surface area contributed by atoms with Gasteiger partial charge in [0.05, 0.1) is 17.5 Å². The fourth-order valence-electron chi connectivity index (χ4n) is 1.80. The van der Waals surface area contributed by atoms with Gasteiger partial charge in [-0.05, 0) is 18.2 Å². The molecule has 0 spiro atoms. The normalized spacial score (nSPS) is 11.9. The monoisotopic (exact) mass is 263 g/mol. The van der Waals surface area contributed by atoms with Gasteiger partial charge in [-0.2, -0.15) is 13.2 Å². The molecule has 0 N–H and O–H groups in total. The van der Waals surface area contributed by atoms with Crippen molar-refractivity contribution < 1.29 is 13.2 Å². The third kappa shape index (κ3) is 2.16. The molecule has 1 aromatic carbocycles. The van der Waals surface area contributed by atoms with Crippen LogP contribution in [0.15, 0.2) is 49.1 Å². The lowest BCUT2D eigenvalue weighted by atomic mass is 10.1. The average molecular weight is 263 g/mol. The number of aromatic nitrogens is 3. The lowest BCUT2D eigenvalue weighted by Gasteiger charge is -2.07. The van der Waals surface area contributed by atoms with Gasteiger partial charge in [0.15, 0.2) is 5.65 Å². The molecule has 2 aromatic heterocycles. The number of fused-ring (bicyclic) bond motifs is 1. The summed E-state index contributed by atoms with van der Waals surface area (Å²) in [7, 11) is 0. The largest absolute Gasteiger partial charge is 0.416 e. The molecular weight excluding hydrogens is 255 g/mol. The van der Waals surface area contributed by atoms with Crippen LogP contribution in [0.5, 0.6) is 0 Å². The van der Waals surface area contributed by atoms with Crippen molar-refractivity contribution in [2.75, 3.05) is 0 Å². The van der Waals surface area contributed by atoms with Crippen molar-refractivity contribution in [1.82, 2.24) is 14.4 Å². The van der Waals surface area contributed by atoms with E-state index in [1.807, 2.05) is 0 Å². The van der Waals surface area contributed by atoms with Crippen molar-refractivity contribution in [2.24, 2.45) is 0 Å². The van der Waals surface area contributed by atoms with E-state index in [1.54, 1.807) is 29.2 Å². The Kier molecular flexibility index (Phi) is 2.51. The zero-order valence-electron chi connectivity index (χ0n) is 9.59. The molecule has 3 aromatic rings. The van der Waals surface area contributed by atoms with Crippen LogP contribution in [0.3, 0.4) is 0 Å². The predicted molar refractivity (Wildman–Crippen MR) is 63.4 cm³/mol. The molecule has 6 heteroatoms. The van der Waals surface area contributed by atoms with Gasteiger partial charge >= 0.3 is 6.18 Å². The zero-order valence-corrected chi connectivity index (χ0v) is 9.59. The third-order valence-corrected chi connectivity index (χ3v) is 2.78. The lowest BCUT2D eigenvalue weighted by molar-refractivity contribution is -0.137. The van der Waals surface area contributed by atoms with Crippen LogP contribution in [0.1, 0.15) is 5.56 Å². The molecule has 0 amide bonds. The summed E-state index contributed by atoms with van der Waals surface area (Å²) in [6.07, 6.45) is 0.649. The number of hydrogen-bond acceptors (Lipinski definition) is 2. The summed E-state index contributed by atoms with van der Waals surface area (Å²) < 4.78 is 39.1. The molecular formula is C13H8F3N3. The fourth-order valence-corrected chi connectivity index (χ4v) is 1.80. The van der Waals surface area contributed by atoms with Gasteiger partial charge < -0.3 is 0 Å². The highest BCUT2D eigenvalue weighted by Crippen LogP contribution is 2.30. The highest BCUT2D eigenvalue weighted by molar-refractivity contribution is 5.61. The zero-order chi connectivity index (χ0) is 13.5. The third-order valence-electron chi connectivity index (χ3n) is 2.78. The summed E-state index contributed by atoms with van der Waals surface area (Å²) in [6, 6.07) is 6.67. The molecule has 3 rings (SSSR count). The van der Waals surface area contributed by atoms with Crippen LogP contribution in [-0.2, 0) is 6.18 Å². The topological polar surface area (TPSA) is 30.2 Å². The van der Waals surface area contributed by atoms with Gasteiger partial charge in [0.25, 0.3) is 0 Å². The summed E-state index contributed by atoms with van der Waals surface area (Å²) >= 11 is 0. The second-order valence-corrected chi connectivity index (χ2v) is 4.05. The molecule has 0 saturated heterocycles. The fraction of sp³-hybridized carbons (Fsp3) is 0.0769. The Labute approximate surface area is 106 Å². The molecule has 0 aliphatic rings. The van der Waals surface area contributed by atoms with E-state index in [0.29, 0.717) is 16.9 Å². The average Bonchev–Trinajstić information content (AvgIpc) is 2.85. The molecule has 19 heavy (non-hydrogen) atoms. The summed E-state index contributed by atoms with van der Waals surface area (Å²) in [5, 5.41) is 0. The second kappa shape index (κ2) is 4.08. The molecule has 0 bridgehead atoms. The first kappa shape index (κ1) is 11.7. The number of nitrogens with zero attached hydrogens (tertiary/aromatic N) is 3. The van der Waals surface area contributed by atoms with Crippen LogP contribution in [-0.4, -0.2) is 14.4 Å². The van der Waals surface area contributed by atoms with E-state index in [9.17, 15) is 13.2 Å². The molecule has 0 saturated carbocycles. The van der Waals surface area contributed by atoms with E-state index < -0.39 is 11.7 Å². The Balaban J connectivity index is 2.01. The van der Waals surface area contributed by atoms with Crippen LogP contribution < -0.4 is 0 Å². The van der Waals surface area contributed by atoms with Gasteiger partial charge in [-0.15, -0.1) is 0 Å². The van der Waals surface area contributed by atoms with Crippen molar-refractivity contribution in [3.63, 3.8) is 0 Å². The summed E-state index contributed by atoms with van der Waals surface area (Å²) in [6.45, 7) is 0. The molecule has 0 unspecified atom stereocenters. The van der Waals surface area contributed by atoms with Gasteiger partial charge in [0, 0.05) is 11.8 Å². The predicted octanol–water partition coefficient (Wildman–Crippen LogP) is 3.42. The lowest BCUT2D eigenvalue weighted by Crippen LogP contribution is -2.04. The first-order valence-corrected chi connectivity index (χ1v) is 5.50. The smallest absolute Gasteiger partial charge is 0.291 e. The summed E-state index contributed by atoms with van der Waals surface area (Å²) in [5.41, 5.74) is 1.23. The quantitative estimate of drug-likeness (QED) is 0.673. The standard InChI is InChI=1S/C13H8F3N3/c14-13(15,16)10-3-1-9(2-4-10)11-5-6-19-8-17-7-12(19)18-11/h1-8H. The van der Waals surface area contributed by atoms with Crippen LogP contribution in [0, 0.1) is 0 Å². The van der Waals surface area contributed by atoms with Crippen molar-refractivity contribution >= 4 is 5.65 Å². The number of alkyl halides is 3. The highest BCUT2D eigenvalue weighted by atomic mass is 19.4. The Bertz CT molecular complexity index is 714. The molecule has 2 heterocycles. The minimum absolute atomic E-state index is 0.613. The maximum absolute atomic E-state index is 12.5. The molecule has 0 fully saturated rings. The van der Waals surface area contributed by atoms with Crippen molar-refractivity contribution in [2.45, 2.75) is 6.18 Å². The maximum atomic E-state index is 12.5. The second-order valence-electron chi connectivity index (χ2n) is 4.05. The summed E-state index contributed by atoms with van der Waals surface area (Å²) in [5.74, 6) is 0. The molecule has 0 radical (unpaired) electrons. The number of hydrogen-bond donors (Lipinski definition) is 0. The molecule has 0 aliphatic carbocycles. The number of halogens is 3. The van der Waals surface area contributed by atoms with Crippen LogP contribution in [0.4, 0.5) is 13.2 Å². The molecule has 96 valence electrons. The number of benzene rings is 1. The van der Waals surface area contributed by atoms with Gasteiger partial charge in [0.1, 0.15) is 6.33 Å². The Morgan fingerprint density at radius 1 is 1.00 bits per heavy atom. The highest BCUT2D eigenvalue weighted by Gasteiger charge is 2.29. The SMILES string of the molecule is FC(F)(F)c1ccc(-c2ccn3cncc3n2)cc1. The Morgan fingerprint density at radius 2 is 1.74 bits per heavy atom. The number of rotatable bonds is 1. The van der Waals surface area contributed by atoms with Crippen LogP contribution >= 0.6 is 0 Å². The number of imidazole rings is 1. The maximum Gasteiger partial charge on any atom is 0.416 e. The van der Waals surface area contributed by atoms with E-state index in [-0.39, 0.29) is 0 Å². The first-order chi connectivity index (χ1) is 9.04. The Morgan fingerprint density at radius 3 is 2.42 bits per heavy atom. The van der Waals surface area contributed by atoms with Crippen molar-refractivity contribution in [3.8, 4) is 11.3 Å². The van der Waals surface area contributed by atoms with E-state index in [0.717, 1.165) is 12.1 Å². The minimum Gasteiger partial charge on any atom is -0.291 e. The van der Waals surface area contributed by atoms with E-state index >= 15 is 0 Å². The molecule has 0 atom stereocenters. The van der Waals surface area contributed by atoms with Gasteiger partial charge in [-0.3, -0.25) is 4.40 Å². The summed E-state index contributed by atoms with van der Waals surface area (Å²) in [4.78, 5) is 8.25. The van der Waals surface area contributed by atoms with Gasteiger partial charge in [-0.1, -0.05) is 12.1 Å². The van der Waals surface area contributed by atoms with Crippen LogP contribution in [0.2, 0.25) is 0 Å². The Hall–Kier alpha value is -2.37. The van der Waals surface area contributed by atoms with Crippen molar-refractivity contribution in [1.29, 1.82) is 0 Å². The molecule has 0 aliphatic heterocycles. The molecule has 3 nitrogen and oxygen atoms in total. The van der Waals surface area contributed by atoms with E-state index in [4.69, 9.17) is 0 Å². The minimum atomic E-state index is -4.32. The van der Waals surface area contributed by atoms with Crippen molar-refractivity contribution in [3.05, 3.63) is 54.6 Å². The first-order valence-electron chi connectivity index (χ1n) is 5.50. The van der Waals surface area contributed by atoms with E-state index in [1.165, 1.54) is 12.1 Å². The van der Waals surface area contributed by atoms with Gasteiger partial charge in [-0.25, -0.2) is 9.97 Å².